The van der Waals surface area contributed by atoms with Crippen LogP contribution in [0.4, 0.5) is 4.39 Å². The van der Waals surface area contributed by atoms with Crippen LogP contribution in [0.2, 0.25) is 0 Å². The molecule has 0 aromatic heterocycles. The van der Waals surface area contributed by atoms with Crippen LogP contribution < -0.4 is 0 Å². The predicted molar refractivity (Wildman–Crippen MR) is 81.1 cm³/mol. The molecule has 5 heteroatoms. The summed E-state index contributed by atoms with van der Waals surface area (Å²) in [6.45, 7) is 0.677. The Labute approximate surface area is 125 Å². The molecule has 2 aliphatic rings. The molecule has 0 radical (unpaired) electrons. The molecule has 0 amide bonds. The van der Waals surface area contributed by atoms with E-state index in [1.807, 2.05) is 11.8 Å². The summed E-state index contributed by atoms with van der Waals surface area (Å²) in [5, 5.41) is 0.0913. The Balaban J connectivity index is 1.74. The minimum Gasteiger partial charge on any atom is -0.375 e. The second kappa shape index (κ2) is 6.16. The van der Waals surface area contributed by atoms with E-state index in [1.165, 1.54) is 12.1 Å². The fourth-order valence-corrected chi connectivity index (χ4v) is 5.87. The number of hydrogen-bond donors (Lipinski definition) is 0. The zero-order valence-electron chi connectivity index (χ0n) is 11.3. The molecule has 1 spiro atoms. The minimum atomic E-state index is -1.13. The molecule has 2 nitrogen and oxygen atoms in total. The summed E-state index contributed by atoms with van der Waals surface area (Å²) in [6, 6.07) is 6.19. The van der Waals surface area contributed by atoms with E-state index in [-0.39, 0.29) is 16.7 Å². The van der Waals surface area contributed by atoms with Crippen LogP contribution >= 0.6 is 11.8 Å². The van der Waals surface area contributed by atoms with Crippen LogP contribution in [0.15, 0.2) is 29.2 Å². The number of halogens is 1. The van der Waals surface area contributed by atoms with Crippen molar-refractivity contribution in [2.75, 3.05) is 18.1 Å². The second-order valence-corrected chi connectivity index (χ2v) is 8.47. The van der Waals surface area contributed by atoms with Gasteiger partial charge in [-0.2, -0.15) is 11.8 Å². The van der Waals surface area contributed by atoms with Crippen molar-refractivity contribution in [3.8, 4) is 0 Å². The summed E-state index contributed by atoms with van der Waals surface area (Å²) in [6.07, 6.45) is 3.75. The van der Waals surface area contributed by atoms with Crippen molar-refractivity contribution < 1.29 is 13.3 Å². The van der Waals surface area contributed by atoms with Crippen LogP contribution in [-0.4, -0.2) is 33.2 Å². The van der Waals surface area contributed by atoms with Gasteiger partial charge in [-0.05, 0) is 55.4 Å². The topological polar surface area (TPSA) is 26.3 Å². The van der Waals surface area contributed by atoms with E-state index in [9.17, 15) is 8.60 Å². The molecule has 2 saturated heterocycles. The highest BCUT2D eigenvalue weighted by atomic mass is 32.2. The molecule has 0 N–H and O–H groups in total. The van der Waals surface area contributed by atoms with Gasteiger partial charge in [0.2, 0.25) is 0 Å². The lowest BCUT2D eigenvalue weighted by Crippen LogP contribution is -2.45. The Hall–Kier alpha value is -0.390. The minimum absolute atomic E-state index is 0.0723. The van der Waals surface area contributed by atoms with Crippen LogP contribution in [0.3, 0.4) is 0 Å². The highest BCUT2D eigenvalue weighted by Gasteiger charge is 2.40. The Morgan fingerprint density at radius 3 is 2.90 bits per heavy atom. The maximum Gasteiger partial charge on any atom is 0.124 e. The van der Waals surface area contributed by atoms with Gasteiger partial charge in [-0.15, -0.1) is 0 Å². The van der Waals surface area contributed by atoms with Gasteiger partial charge in [0.1, 0.15) is 5.82 Å². The Morgan fingerprint density at radius 1 is 1.35 bits per heavy atom. The van der Waals surface area contributed by atoms with Gasteiger partial charge >= 0.3 is 0 Å². The lowest BCUT2D eigenvalue weighted by Gasteiger charge is -2.43. The maximum absolute atomic E-state index is 13.3. The lowest BCUT2D eigenvalue weighted by atomic mass is 9.88. The van der Waals surface area contributed by atoms with Crippen molar-refractivity contribution in [3.05, 3.63) is 30.1 Å². The van der Waals surface area contributed by atoms with Crippen molar-refractivity contribution in [1.82, 2.24) is 0 Å². The smallest absolute Gasteiger partial charge is 0.124 e. The normalized spacial score (nSPS) is 27.4. The van der Waals surface area contributed by atoms with Gasteiger partial charge < -0.3 is 4.74 Å². The third-order valence-electron chi connectivity index (χ3n) is 4.18. The maximum atomic E-state index is 13.3. The largest absolute Gasteiger partial charge is 0.375 e. The summed E-state index contributed by atoms with van der Waals surface area (Å²) < 4.78 is 32.0. The van der Waals surface area contributed by atoms with Crippen LogP contribution in [0.5, 0.6) is 0 Å². The molecular weight excluding hydrogens is 295 g/mol. The predicted octanol–water partition coefficient (Wildman–Crippen LogP) is 3.38. The number of hydrogen-bond acceptors (Lipinski definition) is 3. The molecule has 2 aliphatic heterocycles. The van der Waals surface area contributed by atoms with Crippen LogP contribution in [0.1, 0.15) is 25.7 Å². The first kappa shape index (κ1) is 14.5. The third-order valence-corrected chi connectivity index (χ3v) is 6.89. The quantitative estimate of drug-likeness (QED) is 0.837. The average molecular weight is 314 g/mol. The van der Waals surface area contributed by atoms with Crippen LogP contribution in [-0.2, 0) is 15.5 Å². The SMILES string of the molecule is O=S(c1cccc(F)c1)C1CCOC2(CCSCC2)C1. The molecular formula is C15H19FO2S2. The van der Waals surface area contributed by atoms with Gasteiger partial charge in [0.25, 0.3) is 0 Å². The van der Waals surface area contributed by atoms with Crippen LogP contribution in [0, 0.1) is 5.82 Å². The molecule has 3 rings (SSSR count). The zero-order valence-corrected chi connectivity index (χ0v) is 13.0. The van der Waals surface area contributed by atoms with Crippen molar-refractivity contribution in [1.29, 1.82) is 0 Å². The van der Waals surface area contributed by atoms with Crippen molar-refractivity contribution in [2.24, 2.45) is 0 Å². The van der Waals surface area contributed by atoms with Gasteiger partial charge in [-0.3, -0.25) is 4.21 Å². The van der Waals surface area contributed by atoms with E-state index in [0.717, 1.165) is 37.2 Å². The number of ether oxygens (including phenoxy) is 1. The van der Waals surface area contributed by atoms with Gasteiger partial charge in [0, 0.05) is 16.8 Å². The average Bonchev–Trinajstić information content (AvgIpc) is 2.47. The van der Waals surface area contributed by atoms with Gasteiger partial charge in [0.05, 0.1) is 16.4 Å². The molecule has 20 heavy (non-hydrogen) atoms. The summed E-state index contributed by atoms with van der Waals surface area (Å²) in [4.78, 5) is 0.609. The summed E-state index contributed by atoms with van der Waals surface area (Å²) in [5.41, 5.74) is -0.0723. The fraction of sp³-hybridized carbons (Fsp3) is 0.600. The van der Waals surface area contributed by atoms with E-state index >= 15 is 0 Å². The van der Waals surface area contributed by atoms with Crippen LogP contribution in [0.25, 0.3) is 0 Å². The second-order valence-electron chi connectivity index (χ2n) is 5.51. The Morgan fingerprint density at radius 2 is 2.15 bits per heavy atom. The molecule has 0 aliphatic carbocycles. The summed E-state index contributed by atoms with van der Waals surface area (Å²) in [7, 11) is -1.13. The van der Waals surface area contributed by atoms with Gasteiger partial charge in [-0.25, -0.2) is 4.39 Å². The van der Waals surface area contributed by atoms with Crippen molar-refractivity contribution >= 4 is 22.6 Å². The number of benzene rings is 1. The molecule has 2 unspecified atom stereocenters. The zero-order chi connectivity index (χ0) is 14.0. The van der Waals surface area contributed by atoms with E-state index in [2.05, 4.69) is 0 Å². The van der Waals surface area contributed by atoms with Gasteiger partial charge in [0.15, 0.2) is 0 Å². The molecule has 2 atom stereocenters. The molecule has 2 heterocycles. The molecule has 110 valence electrons. The van der Waals surface area contributed by atoms with Gasteiger partial charge in [-0.1, -0.05) is 6.07 Å². The highest BCUT2D eigenvalue weighted by molar-refractivity contribution is 7.99. The van der Waals surface area contributed by atoms with E-state index < -0.39 is 10.8 Å². The molecule has 1 aromatic carbocycles. The standard InChI is InChI=1S/C15H19FO2S2/c16-12-2-1-3-13(10-12)20(17)14-4-7-18-15(11-14)5-8-19-9-6-15/h1-3,10,14H,4-9,11H2. The Bertz CT molecular complexity index is 495. The van der Waals surface area contributed by atoms with E-state index in [0.29, 0.717) is 11.5 Å². The third kappa shape index (κ3) is 3.10. The first-order valence-electron chi connectivity index (χ1n) is 7.06. The first-order valence-corrected chi connectivity index (χ1v) is 9.43. The Kier molecular flexibility index (Phi) is 4.48. The number of thioether (sulfide) groups is 1. The molecule has 2 fully saturated rings. The molecule has 1 aromatic rings. The monoisotopic (exact) mass is 314 g/mol. The van der Waals surface area contributed by atoms with E-state index in [1.54, 1.807) is 12.1 Å². The lowest BCUT2D eigenvalue weighted by molar-refractivity contribution is -0.0809. The van der Waals surface area contributed by atoms with Crippen molar-refractivity contribution in [3.63, 3.8) is 0 Å². The summed E-state index contributed by atoms with van der Waals surface area (Å²) in [5.74, 6) is 1.94. The summed E-state index contributed by atoms with van der Waals surface area (Å²) >= 11 is 1.97. The fourth-order valence-electron chi connectivity index (χ4n) is 3.04. The van der Waals surface area contributed by atoms with E-state index in [4.69, 9.17) is 4.74 Å². The number of rotatable bonds is 2. The van der Waals surface area contributed by atoms with Crippen molar-refractivity contribution in [2.45, 2.75) is 41.4 Å². The highest BCUT2D eigenvalue weighted by Crippen LogP contribution is 2.39. The first-order chi connectivity index (χ1) is 9.69. The molecule has 0 saturated carbocycles. The molecule has 0 bridgehead atoms.